The minimum absolute atomic E-state index is 0.0356. The van der Waals surface area contributed by atoms with Crippen molar-refractivity contribution in [3.63, 3.8) is 0 Å². The molecule has 1 saturated heterocycles. The number of carboxylic acid groups (broad SMARTS) is 4. The van der Waals surface area contributed by atoms with E-state index in [0.717, 1.165) is 0 Å². The van der Waals surface area contributed by atoms with Crippen molar-refractivity contribution >= 4 is 32.3 Å². The Balaban J connectivity index is 3.15. The Morgan fingerprint density at radius 2 is 0.938 bits per heavy atom. The molecule has 1 aliphatic heterocycles. The zero-order valence-corrected chi connectivity index (χ0v) is 18.6. The van der Waals surface area contributed by atoms with Crippen LogP contribution in [-0.4, -0.2) is 146 Å². The van der Waals surface area contributed by atoms with E-state index in [0.29, 0.717) is 0 Å². The van der Waals surface area contributed by atoms with Crippen LogP contribution in [0.1, 0.15) is 6.42 Å². The summed E-state index contributed by atoms with van der Waals surface area (Å²) in [5.74, 6) is -4.69. The normalized spacial score (nSPS) is 20.7. The van der Waals surface area contributed by atoms with Gasteiger partial charge >= 0.3 is 37.8 Å². The fourth-order valence-corrected chi connectivity index (χ4v) is 3.95. The summed E-state index contributed by atoms with van der Waals surface area (Å²) in [4.78, 5) is 50.7. The molecule has 0 bridgehead atoms. The summed E-state index contributed by atoms with van der Waals surface area (Å²) in [7, 11) is -1.41. The summed E-state index contributed by atoms with van der Waals surface area (Å²) in [6.45, 7) is -0.230. The molecule has 0 aromatic carbocycles. The average molecular weight is 481 g/mol. The van der Waals surface area contributed by atoms with Crippen molar-refractivity contribution in [1.82, 2.24) is 19.6 Å². The maximum Gasteiger partial charge on any atom is 0.377 e. The molecule has 15 heteroatoms. The first kappa shape index (κ1) is 27.8. The number of aliphatic hydroxyl groups is 1. The molecule has 1 heterocycles. The van der Waals surface area contributed by atoms with Crippen LogP contribution in [0.15, 0.2) is 0 Å². The van der Waals surface area contributed by atoms with Gasteiger partial charge in [-0.2, -0.15) is 0 Å². The SMILES string of the molecule is O=[PH+]C(O)(CC(=O)O)N1CCN(CC(=O)O)CCN(CC(=O)O)CCN(CC(=O)O)CC1. The highest BCUT2D eigenvalue weighted by Gasteiger charge is 2.45. The molecule has 5 N–H and O–H groups in total. The molecular weight excluding hydrogens is 451 g/mol. The first-order valence-corrected chi connectivity index (χ1v) is 10.8. The van der Waals surface area contributed by atoms with Crippen LogP contribution >= 0.6 is 8.46 Å². The standard InChI is InChI=1S/C17H29N4O10P/c22-13(23)9-17(30,32-31)21-7-5-19(11-15(26)27)3-1-18(10-14(24)25)2-4-20(6-8-21)12-16(28)29/h30H,1-12H2,(H,22,23)(H,24,25)(H,26,27)(H,28,29)/p+1. The molecule has 0 radical (unpaired) electrons. The molecule has 14 nitrogen and oxygen atoms in total. The highest BCUT2D eigenvalue weighted by molar-refractivity contribution is 7.25. The summed E-state index contributed by atoms with van der Waals surface area (Å²) in [5, 5.41) is 47.3. The van der Waals surface area contributed by atoms with Crippen LogP contribution in [0, 0.1) is 0 Å². The topological polar surface area (TPSA) is 199 Å². The van der Waals surface area contributed by atoms with E-state index in [2.05, 4.69) is 0 Å². The lowest BCUT2D eigenvalue weighted by Crippen LogP contribution is -2.54. The number of carboxylic acids is 4. The van der Waals surface area contributed by atoms with Gasteiger partial charge in [0.15, 0.2) is 0 Å². The van der Waals surface area contributed by atoms with Gasteiger partial charge in [0.25, 0.3) is 0 Å². The van der Waals surface area contributed by atoms with Gasteiger partial charge < -0.3 is 25.5 Å². The number of aliphatic carboxylic acids is 4. The molecule has 2 unspecified atom stereocenters. The van der Waals surface area contributed by atoms with Crippen LogP contribution in [0.25, 0.3) is 0 Å². The van der Waals surface area contributed by atoms with E-state index in [1.165, 1.54) is 14.7 Å². The smallest absolute Gasteiger partial charge is 0.377 e. The maximum absolute atomic E-state index is 11.7. The fourth-order valence-electron chi connectivity index (χ4n) is 3.38. The fraction of sp³-hybridized carbons (Fsp3) is 0.765. The molecule has 0 aromatic heterocycles. The zero-order chi connectivity index (χ0) is 24.3. The van der Waals surface area contributed by atoms with E-state index < -0.39 is 44.2 Å². The van der Waals surface area contributed by atoms with Crippen molar-refractivity contribution in [3.05, 3.63) is 0 Å². The molecule has 0 amide bonds. The average Bonchev–Trinajstić information content (AvgIpc) is 2.66. The highest BCUT2D eigenvalue weighted by Crippen LogP contribution is 2.28. The van der Waals surface area contributed by atoms with Crippen LogP contribution in [0.2, 0.25) is 0 Å². The van der Waals surface area contributed by atoms with Gasteiger partial charge in [0.1, 0.15) is 6.42 Å². The molecule has 0 aliphatic carbocycles. The van der Waals surface area contributed by atoms with E-state index in [1.54, 1.807) is 4.90 Å². The Bertz CT molecular complexity index is 664. The summed E-state index contributed by atoms with van der Waals surface area (Å²) < 4.78 is 11.7. The monoisotopic (exact) mass is 481 g/mol. The molecule has 2 atom stereocenters. The van der Waals surface area contributed by atoms with Crippen molar-refractivity contribution in [1.29, 1.82) is 0 Å². The quantitative estimate of drug-likeness (QED) is 0.207. The second-order valence-corrected chi connectivity index (χ2v) is 8.49. The van der Waals surface area contributed by atoms with E-state index in [-0.39, 0.29) is 72.0 Å². The second kappa shape index (κ2) is 13.4. The predicted octanol–water partition coefficient (Wildman–Crippen LogP) is -2.39. The van der Waals surface area contributed by atoms with Crippen LogP contribution < -0.4 is 0 Å². The molecule has 0 saturated carbocycles. The van der Waals surface area contributed by atoms with Gasteiger partial charge in [0, 0.05) is 52.4 Å². The summed E-state index contributed by atoms with van der Waals surface area (Å²) in [6, 6.07) is 0. The lowest BCUT2D eigenvalue weighted by atomic mass is 10.2. The summed E-state index contributed by atoms with van der Waals surface area (Å²) in [6.07, 6.45) is -0.834. The molecule has 0 aromatic rings. The number of carbonyl (C=O) groups is 4. The Hall–Kier alpha value is -2.22. The van der Waals surface area contributed by atoms with Gasteiger partial charge in [0.05, 0.1) is 19.6 Å². The third-order valence-corrected chi connectivity index (χ3v) is 5.82. The molecule has 0 spiro atoms. The number of hydrogen-bond donors (Lipinski definition) is 5. The maximum atomic E-state index is 11.7. The number of nitrogens with zero attached hydrogens (tertiary/aromatic N) is 4. The van der Waals surface area contributed by atoms with Crippen molar-refractivity contribution in [3.8, 4) is 0 Å². The summed E-state index contributed by atoms with van der Waals surface area (Å²) >= 11 is 0. The molecule has 32 heavy (non-hydrogen) atoms. The van der Waals surface area contributed by atoms with Crippen molar-refractivity contribution < 1.29 is 49.3 Å². The van der Waals surface area contributed by atoms with Crippen LogP contribution in [0.3, 0.4) is 0 Å². The minimum Gasteiger partial charge on any atom is -0.481 e. The third-order valence-electron chi connectivity index (χ3n) is 5.00. The van der Waals surface area contributed by atoms with Gasteiger partial charge in [-0.05, 0) is 0 Å². The highest BCUT2D eigenvalue weighted by atomic mass is 31.1. The molecule has 1 fully saturated rings. The molecular formula is C17H30N4O10P+. The number of hydrogen-bond acceptors (Lipinski definition) is 10. The molecule has 1 aliphatic rings. The van der Waals surface area contributed by atoms with E-state index in [1.807, 2.05) is 0 Å². The van der Waals surface area contributed by atoms with E-state index >= 15 is 0 Å². The van der Waals surface area contributed by atoms with Gasteiger partial charge in [-0.15, -0.1) is 0 Å². The van der Waals surface area contributed by atoms with Gasteiger partial charge in [-0.3, -0.25) is 33.9 Å². The van der Waals surface area contributed by atoms with Crippen molar-refractivity contribution in [2.24, 2.45) is 0 Å². The van der Waals surface area contributed by atoms with Crippen LogP contribution in [0.4, 0.5) is 0 Å². The van der Waals surface area contributed by atoms with Crippen molar-refractivity contribution in [2.45, 2.75) is 11.9 Å². The van der Waals surface area contributed by atoms with Crippen LogP contribution in [0.5, 0.6) is 0 Å². The lowest BCUT2D eigenvalue weighted by molar-refractivity contribution is -0.146. The first-order valence-electron chi connectivity index (χ1n) is 9.86. The van der Waals surface area contributed by atoms with E-state index in [9.17, 15) is 39.1 Å². The van der Waals surface area contributed by atoms with Gasteiger partial charge in [-0.1, -0.05) is 4.57 Å². The predicted molar refractivity (Wildman–Crippen MR) is 110 cm³/mol. The zero-order valence-electron chi connectivity index (χ0n) is 17.6. The first-order chi connectivity index (χ1) is 14.9. The Morgan fingerprint density at radius 3 is 1.19 bits per heavy atom. The third kappa shape index (κ3) is 10.4. The number of rotatable bonds is 10. The second-order valence-electron chi connectivity index (χ2n) is 7.49. The molecule has 1 rings (SSSR count). The molecule has 182 valence electrons. The Labute approximate surface area is 185 Å². The van der Waals surface area contributed by atoms with Crippen molar-refractivity contribution in [2.75, 3.05) is 72.0 Å². The summed E-state index contributed by atoms with van der Waals surface area (Å²) in [5.41, 5.74) is -2.20. The largest absolute Gasteiger partial charge is 0.481 e. The van der Waals surface area contributed by atoms with Gasteiger partial charge in [0.2, 0.25) is 0 Å². The van der Waals surface area contributed by atoms with Gasteiger partial charge in [-0.25, -0.2) is 4.90 Å². The van der Waals surface area contributed by atoms with E-state index in [4.69, 9.17) is 10.2 Å². The van der Waals surface area contributed by atoms with Crippen LogP contribution in [-0.2, 0) is 23.7 Å². The minimum atomic E-state index is -2.20. The lowest BCUT2D eigenvalue weighted by Gasteiger charge is -2.35. The Morgan fingerprint density at radius 1 is 0.625 bits per heavy atom. The Kier molecular flexibility index (Phi) is 11.6.